The topological polar surface area (TPSA) is 38.2 Å². The molecule has 100 valence electrons. The Hall–Kier alpha value is -0.870. The third kappa shape index (κ3) is 2.93. The van der Waals surface area contributed by atoms with Crippen LogP contribution >= 0.6 is 11.6 Å². The molecular weight excluding hydrogens is 250 g/mol. The van der Waals surface area contributed by atoms with Crippen molar-refractivity contribution in [3.05, 3.63) is 16.3 Å². The maximum Gasteiger partial charge on any atom is 0.155 e. The van der Waals surface area contributed by atoms with Crippen molar-refractivity contribution in [2.75, 3.05) is 31.7 Å². The molecule has 1 aliphatic heterocycles. The van der Waals surface area contributed by atoms with Crippen LogP contribution in [0.15, 0.2) is 0 Å². The molecule has 1 saturated heterocycles. The number of aromatic nitrogens is 2. The Morgan fingerprint density at radius 1 is 1.33 bits per heavy atom. The highest BCUT2D eigenvalue weighted by molar-refractivity contribution is 6.30. The Labute approximate surface area is 113 Å². The van der Waals surface area contributed by atoms with Gasteiger partial charge in [0.25, 0.3) is 0 Å². The van der Waals surface area contributed by atoms with Crippen LogP contribution in [0.2, 0.25) is 5.15 Å². The molecule has 1 fully saturated rings. The number of hydrogen-bond donors (Lipinski definition) is 0. The lowest BCUT2D eigenvalue weighted by atomic mass is 10.0. The third-order valence-electron chi connectivity index (χ3n) is 3.59. The fourth-order valence-electron chi connectivity index (χ4n) is 2.35. The van der Waals surface area contributed by atoms with Gasteiger partial charge in [0, 0.05) is 20.2 Å². The van der Waals surface area contributed by atoms with Crippen LogP contribution in [0.1, 0.15) is 24.0 Å². The van der Waals surface area contributed by atoms with E-state index in [0.717, 1.165) is 43.1 Å². The Balaban J connectivity index is 2.08. The molecule has 0 aromatic carbocycles. The summed E-state index contributed by atoms with van der Waals surface area (Å²) < 4.78 is 5.51. The predicted molar refractivity (Wildman–Crippen MR) is 73.3 cm³/mol. The SMILES string of the molecule is Cc1c(Cl)nnc(N(C)CC2CCCOC2)c1C. The highest BCUT2D eigenvalue weighted by atomic mass is 35.5. The van der Waals surface area contributed by atoms with E-state index < -0.39 is 0 Å². The van der Waals surface area contributed by atoms with Crippen molar-refractivity contribution in [2.24, 2.45) is 5.92 Å². The molecule has 2 heterocycles. The smallest absolute Gasteiger partial charge is 0.155 e. The quantitative estimate of drug-likeness (QED) is 0.846. The summed E-state index contributed by atoms with van der Waals surface area (Å²) >= 11 is 5.97. The Morgan fingerprint density at radius 3 is 2.78 bits per heavy atom. The average Bonchev–Trinajstić information content (AvgIpc) is 2.37. The van der Waals surface area contributed by atoms with E-state index in [4.69, 9.17) is 16.3 Å². The molecule has 4 nitrogen and oxygen atoms in total. The molecule has 0 saturated carbocycles. The minimum atomic E-state index is 0.491. The van der Waals surface area contributed by atoms with E-state index in [0.29, 0.717) is 11.1 Å². The zero-order valence-corrected chi connectivity index (χ0v) is 12.0. The van der Waals surface area contributed by atoms with E-state index in [2.05, 4.69) is 22.1 Å². The molecule has 1 aliphatic rings. The molecule has 0 amide bonds. The van der Waals surface area contributed by atoms with Crippen LogP contribution in [0.25, 0.3) is 0 Å². The fourth-order valence-corrected chi connectivity index (χ4v) is 2.53. The fraction of sp³-hybridized carbons (Fsp3) is 0.692. The van der Waals surface area contributed by atoms with Crippen LogP contribution < -0.4 is 4.90 Å². The summed E-state index contributed by atoms with van der Waals surface area (Å²) in [5.41, 5.74) is 2.11. The van der Waals surface area contributed by atoms with Crippen LogP contribution in [-0.2, 0) is 4.74 Å². The Morgan fingerprint density at radius 2 is 2.11 bits per heavy atom. The van der Waals surface area contributed by atoms with E-state index >= 15 is 0 Å². The third-order valence-corrected chi connectivity index (χ3v) is 3.95. The highest BCUT2D eigenvalue weighted by Gasteiger charge is 2.19. The van der Waals surface area contributed by atoms with Gasteiger partial charge in [-0.15, -0.1) is 10.2 Å². The van der Waals surface area contributed by atoms with Crippen molar-refractivity contribution < 1.29 is 4.74 Å². The van der Waals surface area contributed by atoms with Crippen LogP contribution in [0.4, 0.5) is 5.82 Å². The summed E-state index contributed by atoms with van der Waals surface area (Å²) in [5, 5.41) is 8.69. The summed E-state index contributed by atoms with van der Waals surface area (Å²) in [4.78, 5) is 2.16. The molecule has 1 unspecified atom stereocenters. The molecule has 0 radical (unpaired) electrons. The zero-order chi connectivity index (χ0) is 13.1. The van der Waals surface area contributed by atoms with Gasteiger partial charge >= 0.3 is 0 Å². The summed E-state index contributed by atoms with van der Waals surface area (Å²) in [7, 11) is 2.05. The molecule has 1 atom stereocenters. The van der Waals surface area contributed by atoms with Crippen molar-refractivity contribution in [1.82, 2.24) is 10.2 Å². The minimum Gasteiger partial charge on any atom is -0.381 e. The van der Waals surface area contributed by atoms with Gasteiger partial charge in [0.1, 0.15) is 0 Å². The van der Waals surface area contributed by atoms with Crippen LogP contribution in [-0.4, -0.2) is 37.0 Å². The molecule has 0 bridgehead atoms. The predicted octanol–water partition coefficient (Wildman–Crippen LogP) is 2.61. The molecular formula is C13H20ClN3O. The van der Waals surface area contributed by atoms with Crippen LogP contribution in [0, 0.1) is 19.8 Å². The number of rotatable bonds is 3. The normalized spacial score (nSPS) is 19.9. The first-order valence-electron chi connectivity index (χ1n) is 6.38. The lowest BCUT2D eigenvalue weighted by Gasteiger charge is -2.28. The van der Waals surface area contributed by atoms with Gasteiger partial charge in [0.05, 0.1) is 6.61 Å². The lowest BCUT2D eigenvalue weighted by Crippen LogP contribution is -2.32. The van der Waals surface area contributed by atoms with Crippen molar-refractivity contribution >= 4 is 17.4 Å². The Kier molecular flexibility index (Phi) is 4.40. The van der Waals surface area contributed by atoms with Gasteiger partial charge in [-0.25, -0.2) is 0 Å². The van der Waals surface area contributed by atoms with Gasteiger partial charge in [-0.2, -0.15) is 0 Å². The second-order valence-electron chi connectivity index (χ2n) is 5.03. The maximum atomic E-state index is 5.97. The number of hydrogen-bond acceptors (Lipinski definition) is 4. The average molecular weight is 270 g/mol. The number of ether oxygens (including phenoxy) is 1. The molecule has 0 N–H and O–H groups in total. The summed E-state index contributed by atoms with van der Waals surface area (Å²) in [6, 6.07) is 0. The second kappa shape index (κ2) is 5.85. The van der Waals surface area contributed by atoms with E-state index in [-0.39, 0.29) is 0 Å². The van der Waals surface area contributed by atoms with Crippen molar-refractivity contribution in [3.63, 3.8) is 0 Å². The van der Waals surface area contributed by atoms with Crippen molar-refractivity contribution in [2.45, 2.75) is 26.7 Å². The summed E-state index contributed by atoms with van der Waals surface area (Å²) in [6.07, 6.45) is 2.38. The lowest BCUT2D eigenvalue weighted by molar-refractivity contribution is 0.0576. The minimum absolute atomic E-state index is 0.491. The molecule has 5 heteroatoms. The Bertz CT molecular complexity index is 419. The van der Waals surface area contributed by atoms with E-state index in [1.54, 1.807) is 0 Å². The maximum absolute atomic E-state index is 5.97. The largest absolute Gasteiger partial charge is 0.381 e. The van der Waals surface area contributed by atoms with Crippen molar-refractivity contribution in [1.29, 1.82) is 0 Å². The van der Waals surface area contributed by atoms with E-state index in [1.165, 1.54) is 6.42 Å². The highest BCUT2D eigenvalue weighted by Crippen LogP contribution is 2.24. The van der Waals surface area contributed by atoms with Gasteiger partial charge in [0.2, 0.25) is 0 Å². The second-order valence-corrected chi connectivity index (χ2v) is 5.39. The van der Waals surface area contributed by atoms with Gasteiger partial charge < -0.3 is 9.64 Å². The van der Waals surface area contributed by atoms with Gasteiger partial charge in [0.15, 0.2) is 11.0 Å². The molecule has 1 aromatic heterocycles. The van der Waals surface area contributed by atoms with Crippen LogP contribution in [0.5, 0.6) is 0 Å². The first-order chi connectivity index (χ1) is 8.59. The van der Waals surface area contributed by atoms with E-state index in [1.807, 2.05) is 13.8 Å². The van der Waals surface area contributed by atoms with Gasteiger partial charge in [-0.3, -0.25) is 0 Å². The first-order valence-corrected chi connectivity index (χ1v) is 6.75. The summed E-state index contributed by atoms with van der Waals surface area (Å²) in [5.74, 6) is 1.50. The molecule has 0 spiro atoms. The summed E-state index contributed by atoms with van der Waals surface area (Å²) in [6.45, 7) is 6.73. The molecule has 18 heavy (non-hydrogen) atoms. The van der Waals surface area contributed by atoms with Gasteiger partial charge in [-0.05, 0) is 43.7 Å². The number of anilines is 1. The molecule has 2 rings (SSSR count). The van der Waals surface area contributed by atoms with Crippen molar-refractivity contribution in [3.8, 4) is 0 Å². The molecule has 0 aliphatic carbocycles. The van der Waals surface area contributed by atoms with E-state index in [9.17, 15) is 0 Å². The van der Waals surface area contributed by atoms with Gasteiger partial charge in [-0.1, -0.05) is 11.6 Å². The zero-order valence-electron chi connectivity index (χ0n) is 11.2. The first kappa shape index (κ1) is 13.6. The number of nitrogens with zero attached hydrogens (tertiary/aromatic N) is 3. The van der Waals surface area contributed by atoms with Crippen LogP contribution in [0.3, 0.4) is 0 Å². The monoisotopic (exact) mass is 269 g/mol. The number of halogens is 1. The molecule has 1 aromatic rings. The standard InChI is InChI=1S/C13H20ClN3O/c1-9-10(2)13(16-15-12(9)14)17(3)7-11-5-4-6-18-8-11/h11H,4-8H2,1-3H3.